The van der Waals surface area contributed by atoms with Crippen LogP contribution in [0.25, 0.3) is 0 Å². The molecule has 29 heavy (non-hydrogen) atoms. The summed E-state index contributed by atoms with van der Waals surface area (Å²) < 4.78 is 19.1. The predicted octanol–water partition coefficient (Wildman–Crippen LogP) is 2.17. The van der Waals surface area contributed by atoms with Gasteiger partial charge in [0.05, 0.1) is 25.2 Å². The number of aliphatic hydroxyl groups is 1. The number of carbonyl (C=O) groups is 2. The van der Waals surface area contributed by atoms with E-state index in [0.717, 1.165) is 11.6 Å². The highest BCUT2D eigenvalue weighted by molar-refractivity contribution is 5.94. The number of ether oxygens (including phenoxy) is 1. The van der Waals surface area contributed by atoms with Crippen molar-refractivity contribution in [3.8, 4) is 0 Å². The van der Waals surface area contributed by atoms with Crippen LogP contribution in [0.15, 0.2) is 54.6 Å². The number of hydrogen-bond acceptors (Lipinski definition) is 4. The smallest absolute Gasteiger partial charge is 0.251 e. The SMILES string of the molecule is O=C(C[C@H]1CC[C@@H](NC(=O)c2cccc(F)c2)[C@@H](CO)O1)NCc1ccccc1. The highest BCUT2D eigenvalue weighted by atomic mass is 19.1. The van der Waals surface area contributed by atoms with Gasteiger partial charge in [-0.3, -0.25) is 9.59 Å². The number of nitrogens with one attached hydrogen (secondary N) is 2. The molecule has 0 aromatic heterocycles. The first-order valence-corrected chi connectivity index (χ1v) is 9.68. The quantitative estimate of drug-likeness (QED) is 0.665. The van der Waals surface area contributed by atoms with E-state index in [-0.39, 0.29) is 30.6 Å². The van der Waals surface area contributed by atoms with Crippen LogP contribution in [0.2, 0.25) is 0 Å². The number of amides is 2. The molecule has 2 aromatic carbocycles. The van der Waals surface area contributed by atoms with Crippen LogP contribution < -0.4 is 10.6 Å². The van der Waals surface area contributed by atoms with Crippen LogP contribution in [-0.2, 0) is 16.1 Å². The number of benzene rings is 2. The monoisotopic (exact) mass is 400 g/mol. The van der Waals surface area contributed by atoms with Gasteiger partial charge in [0.1, 0.15) is 11.9 Å². The summed E-state index contributed by atoms with van der Waals surface area (Å²) in [5.74, 6) is -1.04. The Hall–Kier alpha value is -2.77. The first kappa shape index (κ1) is 21.0. The zero-order chi connectivity index (χ0) is 20.6. The Morgan fingerprint density at radius 1 is 1.10 bits per heavy atom. The molecule has 1 aliphatic heterocycles. The molecule has 1 fully saturated rings. The molecular formula is C22H25FN2O4. The molecule has 3 atom stereocenters. The van der Waals surface area contributed by atoms with Gasteiger partial charge in [0.15, 0.2) is 0 Å². The van der Waals surface area contributed by atoms with E-state index in [9.17, 15) is 19.1 Å². The van der Waals surface area contributed by atoms with Crippen molar-refractivity contribution in [3.63, 3.8) is 0 Å². The lowest BCUT2D eigenvalue weighted by molar-refractivity contribution is -0.131. The summed E-state index contributed by atoms with van der Waals surface area (Å²) in [6.45, 7) is 0.165. The van der Waals surface area contributed by atoms with E-state index in [2.05, 4.69) is 10.6 Å². The third kappa shape index (κ3) is 6.10. The van der Waals surface area contributed by atoms with Crippen LogP contribution in [0.1, 0.15) is 35.2 Å². The zero-order valence-corrected chi connectivity index (χ0v) is 16.0. The Morgan fingerprint density at radius 2 is 1.90 bits per heavy atom. The molecule has 1 aliphatic rings. The molecule has 0 spiro atoms. The molecule has 3 N–H and O–H groups in total. The molecule has 7 heteroatoms. The second kappa shape index (κ2) is 10.1. The zero-order valence-electron chi connectivity index (χ0n) is 16.0. The van der Waals surface area contributed by atoms with Gasteiger partial charge in [-0.15, -0.1) is 0 Å². The normalized spacial score (nSPS) is 21.4. The van der Waals surface area contributed by atoms with E-state index < -0.39 is 23.9 Å². The van der Waals surface area contributed by atoms with Crippen molar-refractivity contribution < 1.29 is 23.8 Å². The fourth-order valence-electron chi connectivity index (χ4n) is 3.40. The van der Waals surface area contributed by atoms with Crippen molar-refractivity contribution in [1.29, 1.82) is 0 Å². The number of aliphatic hydroxyl groups excluding tert-OH is 1. The topological polar surface area (TPSA) is 87.7 Å². The van der Waals surface area contributed by atoms with Crippen LogP contribution in [0.3, 0.4) is 0 Å². The lowest BCUT2D eigenvalue weighted by Gasteiger charge is -2.36. The van der Waals surface area contributed by atoms with Crippen LogP contribution in [0.5, 0.6) is 0 Å². The van der Waals surface area contributed by atoms with Crippen molar-refractivity contribution in [2.24, 2.45) is 0 Å². The van der Waals surface area contributed by atoms with E-state index >= 15 is 0 Å². The summed E-state index contributed by atoms with van der Waals surface area (Å²) in [6, 6.07) is 14.6. The molecule has 2 amide bonds. The van der Waals surface area contributed by atoms with Crippen molar-refractivity contribution in [2.45, 2.75) is 44.1 Å². The van der Waals surface area contributed by atoms with Crippen molar-refractivity contribution in [1.82, 2.24) is 10.6 Å². The summed E-state index contributed by atoms with van der Waals surface area (Å²) in [7, 11) is 0. The maximum atomic E-state index is 13.3. The molecule has 0 bridgehead atoms. The van der Waals surface area contributed by atoms with Crippen LogP contribution in [0.4, 0.5) is 4.39 Å². The minimum atomic E-state index is -0.617. The average Bonchev–Trinajstić information content (AvgIpc) is 2.74. The van der Waals surface area contributed by atoms with E-state index in [1.54, 1.807) is 0 Å². The van der Waals surface area contributed by atoms with Crippen LogP contribution in [-0.4, -0.2) is 41.8 Å². The maximum absolute atomic E-state index is 13.3. The average molecular weight is 400 g/mol. The molecule has 0 unspecified atom stereocenters. The highest BCUT2D eigenvalue weighted by Crippen LogP contribution is 2.22. The Morgan fingerprint density at radius 3 is 2.62 bits per heavy atom. The Labute approximate surface area is 169 Å². The van der Waals surface area contributed by atoms with Gasteiger partial charge >= 0.3 is 0 Å². The van der Waals surface area contributed by atoms with E-state index in [0.29, 0.717) is 19.4 Å². The molecule has 1 saturated heterocycles. The highest BCUT2D eigenvalue weighted by Gasteiger charge is 2.33. The molecule has 3 rings (SSSR count). The summed E-state index contributed by atoms with van der Waals surface area (Å²) in [6.07, 6.45) is 0.374. The third-order valence-corrected chi connectivity index (χ3v) is 4.94. The largest absolute Gasteiger partial charge is 0.394 e. The lowest BCUT2D eigenvalue weighted by atomic mass is 9.96. The predicted molar refractivity (Wildman–Crippen MR) is 106 cm³/mol. The lowest BCUT2D eigenvalue weighted by Crippen LogP contribution is -2.51. The number of halogens is 1. The molecule has 0 radical (unpaired) electrons. The summed E-state index contributed by atoms with van der Waals surface area (Å²) in [5.41, 5.74) is 1.22. The molecule has 1 heterocycles. The van der Waals surface area contributed by atoms with Gasteiger partial charge in [0.25, 0.3) is 5.91 Å². The summed E-state index contributed by atoms with van der Waals surface area (Å²) >= 11 is 0. The van der Waals surface area contributed by atoms with E-state index in [1.165, 1.54) is 18.2 Å². The summed E-state index contributed by atoms with van der Waals surface area (Å²) in [4.78, 5) is 24.5. The third-order valence-electron chi connectivity index (χ3n) is 4.94. The second-order valence-corrected chi connectivity index (χ2v) is 7.11. The first-order chi connectivity index (χ1) is 14.0. The number of hydrogen-bond donors (Lipinski definition) is 3. The minimum absolute atomic E-state index is 0.127. The van der Waals surface area contributed by atoms with Gasteiger partial charge in [0, 0.05) is 12.1 Å². The van der Waals surface area contributed by atoms with Crippen LogP contribution in [0, 0.1) is 5.82 Å². The van der Waals surface area contributed by atoms with Crippen molar-refractivity contribution in [2.75, 3.05) is 6.61 Å². The van der Waals surface area contributed by atoms with E-state index in [1.807, 2.05) is 30.3 Å². The fraction of sp³-hybridized carbons (Fsp3) is 0.364. The fourth-order valence-corrected chi connectivity index (χ4v) is 3.40. The molecular weight excluding hydrogens is 375 g/mol. The van der Waals surface area contributed by atoms with Gasteiger partial charge in [-0.05, 0) is 36.6 Å². The van der Waals surface area contributed by atoms with Gasteiger partial charge < -0.3 is 20.5 Å². The molecule has 0 aliphatic carbocycles. The first-order valence-electron chi connectivity index (χ1n) is 9.68. The number of rotatable bonds is 7. The van der Waals surface area contributed by atoms with Gasteiger partial charge in [-0.25, -0.2) is 4.39 Å². The van der Waals surface area contributed by atoms with Gasteiger partial charge in [0.2, 0.25) is 5.91 Å². The van der Waals surface area contributed by atoms with E-state index in [4.69, 9.17) is 4.74 Å². The molecule has 0 saturated carbocycles. The standard InChI is InChI=1S/C22H25FN2O4/c23-17-8-4-7-16(11-17)22(28)25-19-10-9-18(29-20(19)14-26)12-21(27)24-13-15-5-2-1-3-6-15/h1-8,11,18-20,26H,9-10,12-14H2,(H,24,27)(H,25,28)/t18-,19-,20-/m1/s1. The Bertz CT molecular complexity index is 831. The number of carbonyl (C=O) groups excluding carboxylic acids is 2. The second-order valence-electron chi connectivity index (χ2n) is 7.11. The molecule has 6 nitrogen and oxygen atoms in total. The van der Waals surface area contributed by atoms with Crippen molar-refractivity contribution >= 4 is 11.8 Å². The maximum Gasteiger partial charge on any atom is 0.251 e. The van der Waals surface area contributed by atoms with Gasteiger partial charge in [-0.1, -0.05) is 36.4 Å². The van der Waals surface area contributed by atoms with Crippen molar-refractivity contribution in [3.05, 3.63) is 71.5 Å². The molecule has 154 valence electrons. The molecule has 2 aromatic rings. The Kier molecular flexibility index (Phi) is 7.32. The van der Waals surface area contributed by atoms with Gasteiger partial charge in [-0.2, -0.15) is 0 Å². The summed E-state index contributed by atoms with van der Waals surface area (Å²) in [5, 5.41) is 15.3. The minimum Gasteiger partial charge on any atom is -0.394 e. The Balaban J connectivity index is 1.48. The van der Waals surface area contributed by atoms with Crippen LogP contribution >= 0.6 is 0 Å².